The molecule has 0 N–H and O–H groups in total. The van der Waals surface area contributed by atoms with Gasteiger partial charge in [-0.3, -0.25) is 0 Å². The lowest BCUT2D eigenvalue weighted by Crippen LogP contribution is -2.40. The fourth-order valence-electron chi connectivity index (χ4n) is 2.38. The van der Waals surface area contributed by atoms with E-state index in [4.69, 9.17) is 9.16 Å². The Morgan fingerprint density at radius 3 is 2.17 bits per heavy atom. The predicted molar refractivity (Wildman–Crippen MR) is 126 cm³/mol. The lowest BCUT2D eigenvalue weighted by Gasteiger charge is -2.35. The first kappa shape index (κ1) is 23.7. The minimum absolute atomic E-state index is 0.171. The molecule has 0 aliphatic rings. The van der Waals surface area contributed by atoms with Crippen molar-refractivity contribution in [1.29, 1.82) is 0 Å². The van der Waals surface area contributed by atoms with Crippen LogP contribution in [-0.2, 0) is 9.16 Å². The molecular weight excluding hydrogens is 388 g/mol. The van der Waals surface area contributed by atoms with Crippen molar-refractivity contribution in [3.05, 3.63) is 83.4 Å². The average Bonchev–Trinajstić information content (AvgIpc) is 2.71. The van der Waals surface area contributed by atoms with Crippen LogP contribution in [0.25, 0.3) is 0 Å². The van der Waals surface area contributed by atoms with Crippen LogP contribution in [0.5, 0.6) is 0 Å². The molecular formula is C26H32O3Si. The van der Waals surface area contributed by atoms with Crippen LogP contribution >= 0.6 is 0 Å². The Labute approximate surface area is 182 Å². The van der Waals surface area contributed by atoms with Crippen LogP contribution in [0, 0.1) is 11.8 Å². The van der Waals surface area contributed by atoms with Crippen LogP contribution in [-0.4, -0.2) is 20.9 Å². The normalized spacial score (nSPS) is 13.2. The van der Waals surface area contributed by atoms with Gasteiger partial charge in [0.05, 0.1) is 12.2 Å². The van der Waals surface area contributed by atoms with Gasteiger partial charge < -0.3 is 9.16 Å². The zero-order valence-electron chi connectivity index (χ0n) is 18.9. The first-order chi connectivity index (χ1) is 14.1. The summed E-state index contributed by atoms with van der Waals surface area (Å²) >= 11 is 0. The Morgan fingerprint density at radius 2 is 1.60 bits per heavy atom. The molecule has 3 nitrogen and oxygen atoms in total. The van der Waals surface area contributed by atoms with E-state index < -0.39 is 14.4 Å². The highest BCUT2D eigenvalue weighted by atomic mass is 28.4. The highest BCUT2D eigenvalue weighted by Crippen LogP contribution is 2.36. The molecule has 2 aromatic carbocycles. The fourth-order valence-corrected chi connectivity index (χ4v) is 3.31. The zero-order chi connectivity index (χ0) is 22.2. The maximum atomic E-state index is 12.5. The number of carbonyl (C=O) groups excluding carboxylic acids is 1. The third kappa shape index (κ3) is 7.02. The molecule has 0 fully saturated rings. The highest BCUT2D eigenvalue weighted by molar-refractivity contribution is 6.74. The fraction of sp³-hybridized carbons (Fsp3) is 0.346. The molecule has 0 amide bonds. The van der Waals surface area contributed by atoms with Gasteiger partial charge in [0.2, 0.25) is 0 Å². The summed E-state index contributed by atoms with van der Waals surface area (Å²) < 4.78 is 11.9. The lowest BCUT2D eigenvalue weighted by atomic mass is 10.1. The summed E-state index contributed by atoms with van der Waals surface area (Å²) in [4.78, 5) is 12.5. The summed E-state index contributed by atoms with van der Waals surface area (Å²) in [6.07, 6.45) is 1.36. The first-order valence-electron chi connectivity index (χ1n) is 10.2. The van der Waals surface area contributed by atoms with Crippen LogP contribution in [0.3, 0.4) is 0 Å². The molecule has 0 spiro atoms. The molecule has 1 unspecified atom stereocenters. The molecule has 0 saturated heterocycles. The summed E-state index contributed by atoms with van der Waals surface area (Å²) in [6.45, 7) is 13.6. The summed E-state index contributed by atoms with van der Waals surface area (Å²) in [5.41, 5.74) is 2.25. The molecule has 30 heavy (non-hydrogen) atoms. The van der Waals surface area contributed by atoms with E-state index in [0.717, 1.165) is 11.1 Å². The molecule has 0 aliphatic carbocycles. The van der Waals surface area contributed by atoms with Gasteiger partial charge in [-0.1, -0.05) is 75.2 Å². The molecule has 2 aromatic rings. The van der Waals surface area contributed by atoms with Gasteiger partial charge in [-0.2, -0.15) is 0 Å². The van der Waals surface area contributed by atoms with Crippen molar-refractivity contribution in [2.75, 3.05) is 6.61 Å². The Morgan fingerprint density at radius 1 is 1.03 bits per heavy atom. The van der Waals surface area contributed by atoms with E-state index in [1.807, 2.05) is 61.5 Å². The Hall–Kier alpha value is -2.61. The van der Waals surface area contributed by atoms with E-state index >= 15 is 0 Å². The average molecular weight is 421 g/mol. The van der Waals surface area contributed by atoms with Gasteiger partial charge >= 0.3 is 5.97 Å². The van der Waals surface area contributed by atoms with Gasteiger partial charge in [0, 0.05) is 5.56 Å². The topological polar surface area (TPSA) is 35.5 Å². The van der Waals surface area contributed by atoms with Crippen molar-refractivity contribution in [3.63, 3.8) is 0 Å². The first-order valence-corrected chi connectivity index (χ1v) is 13.1. The van der Waals surface area contributed by atoms with Gasteiger partial charge in [-0.05, 0) is 54.8 Å². The highest BCUT2D eigenvalue weighted by Gasteiger charge is 2.36. The molecule has 158 valence electrons. The van der Waals surface area contributed by atoms with Crippen molar-refractivity contribution in [3.8, 4) is 11.8 Å². The molecule has 1 atom stereocenters. The molecule has 2 rings (SSSR count). The SMILES string of the molecule is C/C(C#CC(OC(=O)c1ccccc1)c1ccccc1)=C/CO[Si](C)(C)C(C)(C)C. The smallest absolute Gasteiger partial charge is 0.339 e. The van der Waals surface area contributed by atoms with Crippen molar-refractivity contribution in [1.82, 2.24) is 0 Å². The van der Waals surface area contributed by atoms with E-state index in [0.29, 0.717) is 12.2 Å². The number of allylic oxidation sites excluding steroid dienone is 1. The maximum Gasteiger partial charge on any atom is 0.339 e. The summed E-state index contributed by atoms with van der Waals surface area (Å²) in [5.74, 6) is 5.85. The van der Waals surface area contributed by atoms with Crippen molar-refractivity contribution >= 4 is 14.3 Å². The zero-order valence-corrected chi connectivity index (χ0v) is 19.9. The molecule has 4 heteroatoms. The second-order valence-electron chi connectivity index (χ2n) is 8.79. The van der Waals surface area contributed by atoms with Crippen LogP contribution < -0.4 is 0 Å². The van der Waals surface area contributed by atoms with Gasteiger partial charge in [0.25, 0.3) is 0 Å². The third-order valence-electron chi connectivity index (χ3n) is 5.38. The summed E-state index contributed by atoms with van der Waals surface area (Å²) in [6, 6.07) is 18.6. The number of rotatable bonds is 6. The number of hydrogen-bond donors (Lipinski definition) is 0. The third-order valence-corrected chi connectivity index (χ3v) is 9.88. The Bertz CT molecular complexity index is 913. The summed E-state index contributed by atoms with van der Waals surface area (Å²) in [7, 11) is -1.79. The molecule has 0 radical (unpaired) electrons. The van der Waals surface area contributed by atoms with E-state index in [2.05, 4.69) is 45.7 Å². The van der Waals surface area contributed by atoms with E-state index in [9.17, 15) is 4.79 Å². The van der Waals surface area contributed by atoms with Gasteiger partial charge in [0.1, 0.15) is 0 Å². The molecule has 0 saturated carbocycles. The van der Waals surface area contributed by atoms with Gasteiger partial charge in [-0.15, -0.1) is 0 Å². The number of benzene rings is 2. The molecule has 0 aromatic heterocycles. The Kier molecular flexibility index (Phi) is 8.22. The standard InChI is InChI=1S/C26H32O3Si/c1-21(19-20-28-30(5,6)26(2,3)4)17-18-24(22-13-9-7-10-14-22)29-25(27)23-15-11-8-12-16-23/h7-16,19,24H,20H2,1-6H3/b21-19-. The van der Waals surface area contributed by atoms with Crippen LogP contribution in [0.4, 0.5) is 0 Å². The van der Waals surface area contributed by atoms with Crippen molar-refractivity contribution in [2.45, 2.75) is 51.9 Å². The molecule has 0 aliphatic heterocycles. The Balaban J connectivity index is 2.13. The van der Waals surface area contributed by atoms with Crippen LogP contribution in [0.2, 0.25) is 18.1 Å². The largest absolute Gasteiger partial charge is 0.441 e. The molecule has 0 heterocycles. The minimum atomic E-state index is -1.79. The number of esters is 1. The monoisotopic (exact) mass is 420 g/mol. The minimum Gasteiger partial charge on any atom is -0.441 e. The predicted octanol–water partition coefficient (Wildman–Crippen LogP) is 6.56. The van der Waals surface area contributed by atoms with Crippen molar-refractivity contribution in [2.24, 2.45) is 0 Å². The van der Waals surface area contributed by atoms with Crippen LogP contribution in [0.1, 0.15) is 49.7 Å². The number of hydrogen-bond acceptors (Lipinski definition) is 3. The van der Waals surface area contributed by atoms with E-state index in [1.165, 1.54) is 0 Å². The van der Waals surface area contributed by atoms with E-state index in [-0.39, 0.29) is 11.0 Å². The lowest BCUT2D eigenvalue weighted by molar-refractivity contribution is 0.0408. The van der Waals surface area contributed by atoms with Crippen LogP contribution in [0.15, 0.2) is 72.3 Å². The second-order valence-corrected chi connectivity index (χ2v) is 13.6. The number of ether oxygens (including phenoxy) is 1. The maximum absolute atomic E-state index is 12.5. The number of carbonyl (C=O) groups is 1. The van der Waals surface area contributed by atoms with E-state index in [1.54, 1.807) is 12.1 Å². The second kappa shape index (κ2) is 10.4. The summed E-state index contributed by atoms with van der Waals surface area (Å²) in [5, 5.41) is 0.171. The quantitative estimate of drug-likeness (QED) is 0.302. The molecule has 0 bridgehead atoms. The van der Waals surface area contributed by atoms with Gasteiger partial charge in [-0.25, -0.2) is 4.79 Å². The van der Waals surface area contributed by atoms with Gasteiger partial charge in [0.15, 0.2) is 14.4 Å². The van der Waals surface area contributed by atoms with Crippen molar-refractivity contribution < 1.29 is 14.0 Å².